The number of anilines is 2. The zero-order valence-electron chi connectivity index (χ0n) is 28.0. The number of rotatable bonds is 4. The predicted octanol–water partition coefficient (Wildman–Crippen LogP) is 12.7. The van der Waals surface area contributed by atoms with Crippen molar-refractivity contribution in [1.82, 2.24) is 0 Å². The number of para-hydroxylation sites is 2. The van der Waals surface area contributed by atoms with Crippen LogP contribution in [0.3, 0.4) is 0 Å². The van der Waals surface area contributed by atoms with Gasteiger partial charge in [-0.1, -0.05) is 152 Å². The summed E-state index contributed by atoms with van der Waals surface area (Å²) in [5.41, 5.74) is 16.7. The lowest BCUT2D eigenvalue weighted by Gasteiger charge is -2.32. The van der Waals surface area contributed by atoms with Gasteiger partial charge in [0, 0.05) is 28.1 Å². The Morgan fingerprint density at radius 1 is 0.529 bits per heavy atom. The van der Waals surface area contributed by atoms with E-state index in [1.807, 2.05) is 6.07 Å². The van der Waals surface area contributed by atoms with E-state index in [0.29, 0.717) is 5.92 Å². The molecule has 0 aliphatic heterocycles. The smallest absolute Gasteiger partial charge is 0.159 e. The molecule has 0 saturated heterocycles. The molecule has 1 unspecified atom stereocenters. The van der Waals surface area contributed by atoms with Gasteiger partial charge in [0.05, 0.1) is 11.1 Å². The number of furan rings is 1. The zero-order valence-corrected chi connectivity index (χ0v) is 28.0. The van der Waals surface area contributed by atoms with Crippen molar-refractivity contribution in [3.8, 4) is 22.3 Å². The first-order valence-corrected chi connectivity index (χ1v) is 17.9. The average molecular weight is 652 g/mol. The van der Waals surface area contributed by atoms with E-state index in [1.165, 1.54) is 50.1 Å². The molecule has 1 atom stereocenters. The van der Waals surface area contributed by atoms with Gasteiger partial charge in [0.25, 0.3) is 0 Å². The highest BCUT2D eigenvalue weighted by molar-refractivity contribution is 6.10. The first-order chi connectivity index (χ1) is 25.3. The van der Waals surface area contributed by atoms with E-state index in [2.05, 4.69) is 181 Å². The average Bonchev–Trinajstić information content (AvgIpc) is 3.83. The molecule has 0 bridgehead atoms. The van der Waals surface area contributed by atoms with Crippen molar-refractivity contribution in [2.24, 2.45) is 0 Å². The van der Waals surface area contributed by atoms with Crippen molar-refractivity contribution in [2.45, 2.75) is 17.8 Å². The summed E-state index contributed by atoms with van der Waals surface area (Å²) >= 11 is 0. The second-order valence-corrected chi connectivity index (χ2v) is 13.9. The SMILES string of the molecule is C1=CC(c2ccccc2)CC=C1N(c1ccc2c(c1)-c1ccccc1C21c2ccccc2-c2ccccc21)c1cccc2c1oc1ccccc12. The maximum absolute atomic E-state index is 6.68. The lowest BCUT2D eigenvalue weighted by molar-refractivity contribution is 0.668. The number of benzene rings is 7. The van der Waals surface area contributed by atoms with E-state index in [1.54, 1.807) is 0 Å². The summed E-state index contributed by atoms with van der Waals surface area (Å²) in [6.45, 7) is 0. The van der Waals surface area contributed by atoms with Crippen LogP contribution in [-0.4, -0.2) is 0 Å². The molecule has 51 heavy (non-hydrogen) atoms. The minimum absolute atomic E-state index is 0.341. The highest BCUT2D eigenvalue weighted by atomic mass is 16.3. The van der Waals surface area contributed by atoms with Gasteiger partial charge >= 0.3 is 0 Å². The molecule has 1 aromatic heterocycles. The fraction of sp³-hybridized carbons (Fsp3) is 0.0612. The first-order valence-electron chi connectivity index (χ1n) is 17.9. The molecule has 1 spiro atoms. The van der Waals surface area contributed by atoms with Crippen molar-refractivity contribution in [1.29, 1.82) is 0 Å². The van der Waals surface area contributed by atoms with Crippen LogP contribution in [0.1, 0.15) is 40.2 Å². The molecule has 7 aromatic carbocycles. The minimum Gasteiger partial charge on any atom is -0.454 e. The first kappa shape index (κ1) is 28.5. The van der Waals surface area contributed by atoms with E-state index in [4.69, 9.17) is 4.42 Å². The van der Waals surface area contributed by atoms with Gasteiger partial charge in [-0.25, -0.2) is 0 Å². The summed E-state index contributed by atoms with van der Waals surface area (Å²) in [6, 6.07) is 59.9. The Morgan fingerprint density at radius 3 is 1.84 bits per heavy atom. The largest absolute Gasteiger partial charge is 0.454 e. The van der Waals surface area contributed by atoms with Crippen LogP contribution in [-0.2, 0) is 5.41 Å². The molecule has 2 heteroatoms. The van der Waals surface area contributed by atoms with Crippen LogP contribution >= 0.6 is 0 Å². The van der Waals surface area contributed by atoms with E-state index in [0.717, 1.165) is 45.4 Å². The van der Waals surface area contributed by atoms with Gasteiger partial charge < -0.3 is 9.32 Å². The predicted molar refractivity (Wildman–Crippen MR) is 210 cm³/mol. The topological polar surface area (TPSA) is 16.4 Å². The zero-order chi connectivity index (χ0) is 33.5. The van der Waals surface area contributed by atoms with Crippen molar-refractivity contribution in [3.63, 3.8) is 0 Å². The van der Waals surface area contributed by atoms with E-state index < -0.39 is 0 Å². The molecule has 0 N–H and O–H groups in total. The van der Waals surface area contributed by atoms with Crippen LogP contribution in [0.15, 0.2) is 192 Å². The third-order valence-corrected chi connectivity index (χ3v) is 11.4. The Kier molecular flexibility index (Phi) is 6.03. The molecule has 8 aromatic rings. The summed E-state index contributed by atoms with van der Waals surface area (Å²) in [5, 5.41) is 2.26. The molecular formula is C49H33NO. The Morgan fingerprint density at radius 2 is 1.14 bits per heavy atom. The summed E-state index contributed by atoms with van der Waals surface area (Å²) in [5.74, 6) is 0.341. The normalized spacial score (nSPS) is 16.2. The molecule has 3 aliphatic rings. The summed E-state index contributed by atoms with van der Waals surface area (Å²) in [4.78, 5) is 2.41. The van der Waals surface area contributed by atoms with Gasteiger partial charge in [-0.15, -0.1) is 0 Å². The Bertz CT molecular complexity index is 2700. The second kappa shape index (κ2) is 10.8. The number of nitrogens with zero attached hydrogens (tertiary/aromatic N) is 1. The number of hydrogen-bond donors (Lipinski definition) is 0. The van der Waals surface area contributed by atoms with Gasteiger partial charge in [-0.2, -0.15) is 0 Å². The lowest BCUT2D eigenvalue weighted by Crippen LogP contribution is -2.26. The van der Waals surface area contributed by atoms with Gasteiger partial charge in [0.15, 0.2) is 5.58 Å². The van der Waals surface area contributed by atoms with E-state index in [-0.39, 0.29) is 5.41 Å². The number of hydrogen-bond acceptors (Lipinski definition) is 2. The monoisotopic (exact) mass is 651 g/mol. The van der Waals surface area contributed by atoms with Gasteiger partial charge in [0.2, 0.25) is 0 Å². The molecule has 0 amide bonds. The van der Waals surface area contributed by atoms with Crippen LogP contribution in [0.2, 0.25) is 0 Å². The maximum Gasteiger partial charge on any atom is 0.159 e. The molecule has 0 radical (unpaired) electrons. The fourth-order valence-electron chi connectivity index (χ4n) is 9.28. The van der Waals surface area contributed by atoms with E-state index in [9.17, 15) is 0 Å². The minimum atomic E-state index is -0.367. The molecule has 11 rings (SSSR count). The molecule has 3 aliphatic carbocycles. The van der Waals surface area contributed by atoms with Crippen LogP contribution in [0.25, 0.3) is 44.2 Å². The second-order valence-electron chi connectivity index (χ2n) is 13.9. The molecule has 0 saturated carbocycles. The van der Waals surface area contributed by atoms with Gasteiger partial charge in [0.1, 0.15) is 5.58 Å². The van der Waals surface area contributed by atoms with Crippen LogP contribution < -0.4 is 4.90 Å². The molecule has 0 fully saturated rings. The quantitative estimate of drug-likeness (QED) is 0.188. The maximum atomic E-state index is 6.68. The summed E-state index contributed by atoms with van der Waals surface area (Å²) < 4.78 is 6.68. The molecular weight excluding hydrogens is 619 g/mol. The number of allylic oxidation sites excluding steroid dienone is 3. The van der Waals surface area contributed by atoms with Gasteiger partial charge in [-0.3, -0.25) is 0 Å². The highest BCUT2D eigenvalue weighted by Gasteiger charge is 2.51. The van der Waals surface area contributed by atoms with Crippen molar-refractivity contribution in [3.05, 3.63) is 216 Å². The lowest BCUT2D eigenvalue weighted by atomic mass is 9.70. The van der Waals surface area contributed by atoms with E-state index >= 15 is 0 Å². The third-order valence-electron chi connectivity index (χ3n) is 11.4. The highest BCUT2D eigenvalue weighted by Crippen LogP contribution is 2.63. The van der Waals surface area contributed by atoms with Crippen LogP contribution in [0, 0.1) is 0 Å². The van der Waals surface area contributed by atoms with Crippen LogP contribution in [0.4, 0.5) is 11.4 Å². The third kappa shape index (κ3) is 3.93. The Labute approximate surface area is 297 Å². The molecule has 1 heterocycles. The van der Waals surface area contributed by atoms with Crippen LogP contribution in [0.5, 0.6) is 0 Å². The van der Waals surface area contributed by atoms with Gasteiger partial charge in [-0.05, 0) is 86.8 Å². The Hall–Kier alpha value is -6.38. The standard InChI is InChI=1S/C49H33NO/c1-2-13-32(14-3-1)33-25-27-34(28-26-33)50(46-23-12-19-40-39-18-7-11-24-47(39)51-48(40)46)35-29-30-45-41(31-35)38-17-6-10-22-44(38)49(45)42-20-8-4-15-36(42)37-16-5-9-21-43(37)49/h1-25,27-31,33H,26H2. The molecule has 240 valence electrons. The molecule has 2 nitrogen and oxygen atoms in total. The summed E-state index contributed by atoms with van der Waals surface area (Å²) in [7, 11) is 0. The Balaban J connectivity index is 1.14. The fourth-order valence-corrected chi connectivity index (χ4v) is 9.28. The summed E-state index contributed by atoms with van der Waals surface area (Å²) in [6.07, 6.45) is 7.98. The number of fused-ring (bicyclic) bond motifs is 13. The van der Waals surface area contributed by atoms with Crippen molar-refractivity contribution in [2.75, 3.05) is 4.90 Å². The van der Waals surface area contributed by atoms with Crippen molar-refractivity contribution < 1.29 is 4.42 Å². The van der Waals surface area contributed by atoms with Crippen molar-refractivity contribution >= 4 is 33.3 Å².